The van der Waals surface area contributed by atoms with Gasteiger partial charge in [-0.15, -0.1) is 0 Å². The molecule has 0 saturated carbocycles. The predicted molar refractivity (Wildman–Crippen MR) is 81.4 cm³/mol. The van der Waals surface area contributed by atoms with E-state index in [2.05, 4.69) is 0 Å². The number of fused-ring (bicyclic) bond motifs is 1. The maximum atomic E-state index is 12.9. The Labute approximate surface area is 128 Å². The number of para-hydroxylation sites is 1. The van der Waals surface area contributed by atoms with Crippen LogP contribution in [0.15, 0.2) is 33.6 Å². The third kappa shape index (κ3) is 2.22. The molecule has 0 saturated heterocycles. The number of hydrogen-bond donors (Lipinski definition) is 1. The van der Waals surface area contributed by atoms with E-state index >= 15 is 0 Å². The lowest BCUT2D eigenvalue weighted by molar-refractivity contribution is 0.0985. The van der Waals surface area contributed by atoms with Gasteiger partial charge in [-0.3, -0.25) is 4.79 Å². The first-order chi connectivity index (χ1) is 10.3. The number of rotatable bonds is 2. The molecule has 2 aromatic rings. The van der Waals surface area contributed by atoms with Crippen LogP contribution in [0, 0.1) is 13.8 Å². The van der Waals surface area contributed by atoms with E-state index in [0.29, 0.717) is 6.54 Å². The summed E-state index contributed by atoms with van der Waals surface area (Å²) in [7, 11) is -4.04. The van der Waals surface area contributed by atoms with E-state index in [0.717, 1.165) is 17.7 Å². The lowest BCUT2D eigenvalue weighted by Crippen LogP contribution is -2.31. The number of carbonyl (C=O) groups excluding carboxylic acids is 1. The molecule has 1 amide bonds. The molecular formula is C15H16N2O4S. The average Bonchev–Trinajstić information content (AvgIpc) is 2.98. The van der Waals surface area contributed by atoms with Crippen LogP contribution in [0.5, 0.6) is 0 Å². The van der Waals surface area contributed by atoms with Crippen LogP contribution in [-0.4, -0.2) is 20.9 Å². The number of benzene rings is 1. The van der Waals surface area contributed by atoms with Crippen LogP contribution in [-0.2, 0) is 16.4 Å². The Kier molecular flexibility index (Phi) is 3.34. The molecule has 6 nitrogen and oxygen atoms in total. The molecule has 2 N–H and O–H groups in total. The zero-order chi connectivity index (χ0) is 16.1. The molecule has 0 atom stereocenters. The Morgan fingerprint density at radius 1 is 1.23 bits per heavy atom. The molecule has 0 aliphatic carbocycles. The standard InChI is InChI=1S/C15H16N2O4S/c1-9-13(14(10(2)21-9)22(16,19)20)15(18)17-8-7-11-5-3-4-6-12(11)17/h3-6H,7-8H2,1-2H3,(H2,16,19,20). The third-order valence-electron chi connectivity index (χ3n) is 3.84. The van der Waals surface area contributed by atoms with Crippen molar-refractivity contribution in [3.8, 4) is 0 Å². The van der Waals surface area contributed by atoms with E-state index in [1.165, 1.54) is 6.92 Å². The highest BCUT2D eigenvalue weighted by Crippen LogP contribution is 2.32. The van der Waals surface area contributed by atoms with Gasteiger partial charge in [0.1, 0.15) is 22.0 Å². The number of amides is 1. The summed E-state index contributed by atoms with van der Waals surface area (Å²) in [5.74, 6) is -0.00457. The van der Waals surface area contributed by atoms with Gasteiger partial charge in [0.2, 0.25) is 10.0 Å². The highest BCUT2D eigenvalue weighted by Gasteiger charge is 2.34. The maximum absolute atomic E-state index is 12.9. The molecule has 0 fully saturated rings. The number of primary sulfonamides is 1. The largest absolute Gasteiger partial charge is 0.464 e. The van der Waals surface area contributed by atoms with Gasteiger partial charge in [-0.2, -0.15) is 0 Å². The number of anilines is 1. The summed E-state index contributed by atoms with van der Waals surface area (Å²) in [5.41, 5.74) is 1.88. The van der Waals surface area contributed by atoms with E-state index in [9.17, 15) is 13.2 Å². The lowest BCUT2D eigenvalue weighted by atomic mass is 10.1. The van der Waals surface area contributed by atoms with Gasteiger partial charge >= 0.3 is 0 Å². The Bertz CT molecular complexity index is 868. The second-order valence-electron chi connectivity index (χ2n) is 5.30. The van der Waals surface area contributed by atoms with Crippen LogP contribution in [0.3, 0.4) is 0 Å². The Morgan fingerprint density at radius 3 is 2.59 bits per heavy atom. The molecular weight excluding hydrogens is 304 g/mol. The van der Waals surface area contributed by atoms with Gasteiger partial charge in [0.05, 0.1) is 0 Å². The van der Waals surface area contributed by atoms with Crippen LogP contribution in [0.4, 0.5) is 5.69 Å². The molecule has 0 unspecified atom stereocenters. The first-order valence-corrected chi connectivity index (χ1v) is 8.38. The summed E-state index contributed by atoms with van der Waals surface area (Å²) in [6.07, 6.45) is 0.739. The molecule has 116 valence electrons. The van der Waals surface area contributed by atoms with Crippen LogP contribution < -0.4 is 10.0 Å². The number of sulfonamides is 1. The number of nitrogens with zero attached hydrogens (tertiary/aromatic N) is 1. The molecule has 1 aromatic heterocycles. The number of hydrogen-bond acceptors (Lipinski definition) is 4. The van der Waals surface area contributed by atoms with Crippen molar-refractivity contribution >= 4 is 21.6 Å². The number of aryl methyl sites for hydroxylation is 2. The molecule has 1 aromatic carbocycles. The Hall–Kier alpha value is -2.12. The van der Waals surface area contributed by atoms with Crippen LogP contribution in [0.2, 0.25) is 0 Å². The van der Waals surface area contributed by atoms with Gasteiger partial charge < -0.3 is 9.32 Å². The first kappa shape index (κ1) is 14.8. The Balaban J connectivity index is 2.12. The van der Waals surface area contributed by atoms with Crippen molar-refractivity contribution < 1.29 is 17.6 Å². The summed E-state index contributed by atoms with van der Waals surface area (Å²) in [5, 5.41) is 5.24. The maximum Gasteiger partial charge on any atom is 0.263 e. The monoisotopic (exact) mass is 320 g/mol. The first-order valence-electron chi connectivity index (χ1n) is 6.83. The summed E-state index contributed by atoms with van der Waals surface area (Å²) in [4.78, 5) is 14.2. The minimum absolute atomic E-state index is 0.0247. The van der Waals surface area contributed by atoms with Crippen molar-refractivity contribution in [2.45, 2.75) is 25.2 Å². The van der Waals surface area contributed by atoms with Crippen molar-refractivity contribution in [3.05, 3.63) is 46.9 Å². The quantitative estimate of drug-likeness (QED) is 0.912. The van der Waals surface area contributed by atoms with E-state index in [4.69, 9.17) is 9.56 Å². The number of nitrogens with two attached hydrogens (primary N) is 1. The van der Waals surface area contributed by atoms with Gasteiger partial charge in [-0.05, 0) is 31.9 Å². The number of carbonyl (C=O) groups is 1. The third-order valence-corrected chi connectivity index (χ3v) is 4.90. The smallest absolute Gasteiger partial charge is 0.263 e. The molecule has 22 heavy (non-hydrogen) atoms. The molecule has 0 spiro atoms. The fourth-order valence-electron chi connectivity index (χ4n) is 2.94. The molecule has 0 radical (unpaired) electrons. The van der Waals surface area contributed by atoms with E-state index in [-0.39, 0.29) is 22.0 Å². The highest BCUT2D eigenvalue weighted by atomic mass is 32.2. The van der Waals surface area contributed by atoms with Gasteiger partial charge in [-0.25, -0.2) is 13.6 Å². The fraction of sp³-hybridized carbons (Fsp3) is 0.267. The molecule has 2 heterocycles. The topological polar surface area (TPSA) is 93.6 Å². The van der Waals surface area contributed by atoms with E-state index < -0.39 is 15.9 Å². The van der Waals surface area contributed by atoms with Gasteiger partial charge in [0.15, 0.2) is 0 Å². The Morgan fingerprint density at radius 2 is 1.91 bits per heavy atom. The molecule has 1 aliphatic heterocycles. The second kappa shape index (κ2) is 4.96. The van der Waals surface area contributed by atoms with Crippen molar-refractivity contribution in [3.63, 3.8) is 0 Å². The lowest BCUT2D eigenvalue weighted by Gasteiger charge is -2.17. The SMILES string of the molecule is Cc1oc(C)c(S(N)(=O)=O)c1C(=O)N1CCc2ccccc21. The average molecular weight is 320 g/mol. The van der Waals surface area contributed by atoms with Crippen LogP contribution in [0.1, 0.15) is 27.4 Å². The van der Waals surface area contributed by atoms with E-state index in [1.54, 1.807) is 11.8 Å². The number of furan rings is 1. The van der Waals surface area contributed by atoms with Crippen LogP contribution in [0.25, 0.3) is 0 Å². The second-order valence-corrected chi connectivity index (χ2v) is 6.80. The summed E-state index contributed by atoms with van der Waals surface area (Å²) in [6, 6.07) is 7.56. The summed E-state index contributed by atoms with van der Waals surface area (Å²) >= 11 is 0. The minimum Gasteiger partial charge on any atom is -0.464 e. The van der Waals surface area contributed by atoms with Gasteiger partial charge in [0, 0.05) is 12.2 Å². The minimum atomic E-state index is -4.04. The molecule has 1 aliphatic rings. The normalized spacial score (nSPS) is 14.2. The van der Waals surface area contributed by atoms with Crippen LogP contribution >= 0.6 is 0 Å². The van der Waals surface area contributed by atoms with Crippen molar-refractivity contribution in [1.82, 2.24) is 0 Å². The molecule has 7 heteroatoms. The molecule has 3 rings (SSSR count). The van der Waals surface area contributed by atoms with Crippen molar-refractivity contribution in [2.75, 3.05) is 11.4 Å². The highest BCUT2D eigenvalue weighted by molar-refractivity contribution is 7.89. The van der Waals surface area contributed by atoms with Crippen molar-refractivity contribution in [1.29, 1.82) is 0 Å². The van der Waals surface area contributed by atoms with Crippen molar-refractivity contribution in [2.24, 2.45) is 5.14 Å². The fourth-order valence-corrected chi connectivity index (χ4v) is 3.90. The zero-order valence-corrected chi connectivity index (χ0v) is 13.1. The predicted octanol–water partition coefficient (Wildman–Crippen LogP) is 1.75. The van der Waals surface area contributed by atoms with Gasteiger partial charge in [-0.1, -0.05) is 18.2 Å². The summed E-state index contributed by atoms with van der Waals surface area (Å²) < 4.78 is 28.9. The zero-order valence-electron chi connectivity index (χ0n) is 12.3. The van der Waals surface area contributed by atoms with E-state index in [1.807, 2.05) is 24.3 Å². The van der Waals surface area contributed by atoms with Gasteiger partial charge in [0.25, 0.3) is 5.91 Å². The summed E-state index contributed by atoms with van der Waals surface area (Å²) in [6.45, 7) is 3.56. The molecule has 0 bridgehead atoms.